The number of nitrogens with zero attached hydrogens (tertiary/aromatic N) is 3. The number of rotatable bonds is 5. The van der Waals surface area contributed by atoms with Gasteiger partial charge in [-0.2, -0.15) is 0 Å². The molecule has 0 unspecified atom stereocenters. The summed E-state index contributed by atoms with van der Waals surface area (Å²) in [6.45, 7) is 4.80. The van der Waals surface area contributed by atoms with Crippen molar-refractivity contribution in [2.24, 2.45) is 0 Å². The highest BCUT2D eigenvalue weighted by molar-refractivity contribution is 8.00. The molecule has 144 valence electrons. The molecule has 2 aromatic rings. The van der Waals surface area contributed by atoms with Crippen LogP contribution in [0.15, 0.2) is 34.2 Å². The molecule has 0 spiro atoms. The van der Waals surface area contributed by atoms with E-state index in [1.54, 1.807) is 4.57 Å². The van der Waals surface area contributed by atoms with Crippen LogP contribution in [0.25, 0.3) is 10.9 Å². The molecule has 3 heterocycles. The molecule has 2 saturated heterocycles. The van der Waals surface area contributed by atoms with Gasteiger partial charge in [0.2, 0.25) is 5.91 Å². The fourth-order valence-electron chi connectivity index (χ4n) is 3.79. The molecule has 0 saturated carbocycles. The van der Waals surface area contributed by atoms with Crippen LogP contribution in [0.5, 0.6) is 0 Å². The molecule has 2 atom stereocenters. The number of fused-ring (bicyclic) bond motifs is 1. The number of benzene rings is 1. The average molecular weight is 388 g/mol. The number of ether oxygens (including phenoxy) is 1. The van der Waals surface area contributed by atoms with Crippen molar-refractivity contribution < 1.29 is 9.53 Å². The van der Waals surface area contributed by atoms with Gasteiger partial charge in [-0.25, -0.2) is 4.98 Å². The van der Waals surface area contributed by atoms with E-state index >= 15 is 0 Å². The van der Waals surface area contributed by atoms with Gasteiger partial charge < -0.3 is 9.64 Å². The van der Waals surface area contributed by atoms with E-state index in [1.807, 2.05) is 36.1 Å². The van der Waals surface area contributed by atoms with E-state index in [0.29, 0.717) is 22.6 Å². The Labute approximate surface area is 162 Å². The fourth-order valence-corrected chi connectivity index (χ4v) is 4.80. The number of carbonyl (C=O) groups excluding carboxylic acids is 1. The second-order valence-electron chi connectivity index (χ2n) is 7.25. The van der Waals surface area contributed by atoms with Crippen LogP contribution in [0.4, 0.5) is 0 Å². The highest BCUT2D eigenvalue weighted by Crippen LogP contribution is 2.26. The van der Waals surface area contributed by atoms with Crippen LogP contribution >= 0.6 is 11.8 Å². The minimum Gasteiger partial charge on any atom is -0.376 e. The van der Waals surface area contributed by atoms with Crippen LogP contribution < -0.4 is 5.56 Å². The summed E-state index contributed by atoms with van der Waals surface area (Å²) in [5.74, 6) is 0.128. The number of likely N-dealkylation sites (tertiary alicyclic amines) is 1. The topological polar surface area (TPSA) is 64.4 Å². The first-order valence-corrected chi connectivity index (χ1v) is 10.6. The summed E-state index contributed by atoms with van der Waals surface area (Å²) >= 11 is 1.38. The molecule has 0 bridgehead atoms. The van der Waals surface area contributed by atoms with Crippen molar-refractivity contribution in [3.05, 3.63) is 34.6 Å². The SMILES string of the molecule is C[C@H](Sc1nc2ccccc2c(=O)n1C[C@H]1CCCO1)C(=O)N1CCCC1. The molecule has 1 amide bonds. The molecule has 0 aliphatic carbocycles. The Kier molecular flexibility index (Phi) is 5.50. The second kappa shape index (κ2) is 8.02. The molecule has 1 aromatic carbocycles. The standard InChI is InChI=1S/C20H25N3O3S/c1-14(18(24)22-10-4-5-11-22)27-20-21-17-9-3-2-8-16(17)19(25)23(20)13-15-7-6-12-26-15/h2-3,8-9,14-15H,4-7,10-13H2,1H3/t14-,15+/m0/s1. The predicted molar refractivity (Wildman–Crippen MR) is 106 cm³/mol. The number of aromatic nitrogens is 2. The third kappa shape index (κ3) is 3.89. The van der Waals surface area contributed by atoms with Gasteiger partial charge in [-0.05, 0) is 44.7 Å². The van der Waals surface area contributed by atoms with E-state index < -0.39 is 0 Å². The summed E-state index contributed by atoms with van der Waals surface area (Å²) in [6, 6.07) is 7.40. The molecular weight excluding hydrogens is 362 g/mol. The lowest BCUT2D eigenvalue weighted by Gasteiger charge is -2.21. The zero-order chi connectivity index (χ0) is 18.8. The molecule has 2 fully saturated rings. The van der Waals surface area contributed by atoms with Crippen molar-refractivity contribution in [2.75, 3.05) is 19.7 Å². The van der Waals surface area contributed by atoms with Crippen molar-refractivity contribution >= 4 is 28.6 Å². The average Bonchev–Trinajstić information content (AvgIpc) is 3.38. The molecule has 6 nitrogen and oxygen atoms in total. The molecule has 0 N–H and O–H groups in total. The van der Waals surface area contributed by atoms with E-state index in [-0.39, 0.29) is 22.8 Å². The van der Waals surface area contributed by atoms with Crippen molar-refractivity contribution in [2.45, 2.75) is 55.7 Å². The number of hydrogen-bond acceptors (Lipinski definition) is 5. The molecule has 0 radical (unpaired) electrons. The van der Waals surface area contributed by atoms with E-state index in [0.717, 1.165) is 45.4 Å². The molecular formula is C20H25N3O3S. The maximum absolute atomic E-state index is 13.1. The highest BCUT2D eigenvalue weighted by Gasteiger charge is 2.27. The van der Waals surface area contributed by atoms with Crippen LogP contribution in [0.3, 0.4) is 0 Å². The number of hydrogen-bond donors (Lipinski definition) is 0. The van der Waals surface area contributed by atoms with Crippen molar-refractivity contribution in [3.8, 4) is 0 Å². The summed E-state index contributed by atoms with van der Waals surface area (Å²) in [7, 11) is 0. The normalized spacial score (nSPS) is 21.1. The summed E-state index contributed by atoms with van der Waals surface area (Å²) < 4.78 is 7.45. The van der Waals surface area contributed by atoms with Gasteiger partial charge in [0.15, 0.2) is 5.16 Å². The van der Waals surface area contributed by atoms with Crippen molar-refractivity contribution in [3.63, 3.8) is 0 Å². The van der Waals surface area contributed by atoms with Gasteiger partial charge in [0.1, 0.15) is 0 Å². The lowest BCUT2D eigenvalue weighted by Crippen LogP contribution is -2.35. The Bertz CT molecular complexity index is 886. The zero-order valence-electron chi connectivity index (χ0n) is 15.6. The molecule has 2 aliphatic heterocycles. The number of carbonyl (C=O) groups is 1. The monoisotopic (exact) mass is 387 g/mol. The fraction of sp³-hybridized carbons (Fsp3) is 0.550. The van der Waals surface area contributed by atoms with Gasteiger partial charge in [-0.3, -0.25) is 14.2 Å². The maximum Gasteiger partial charge on any atom is 0.262 e. The molecule has 4 rings (SSSR count). The summed E-state index contributed by atoms with van der Waals surface area (Å²) in [5.41, 5.74) is 0.619. The van der Waals surface area contributed by atoms with E-state index in [9.17, 15) is 9.59 Å². The number of thioether (sulfide) groups is 1. The van der Waals surface area contributed by atoms with Gasteiger partial charge in [0, 0.05) is 19.7 Å². The first-order chi connectivity index (χ1) is 13.1. The number of amides is 1. The minimum absolute atomic E-state index is 0.0367. The van der Waals surface area contributed by atoms with Gasteiger partial charge >= 0.3 is 0 Å². The van der Waals surface area contributed by atoms with Crippen LogP contribution in [0.1, 0.15) is 32.6 Å². The Morgan fingerprint density at radius 1 is 1.30 bits per heavy atom. The Hall–Kier alpha value is -1.86. The molecule has 27 heavy (non-hydrogen) atoms. The Morgan fingerprint density at radius 3 is 2.81 bits per heavy atom. The van der Waals surface area contributed by atoms with E-state index in [2.05, 4.69) is 0 Å². The largest absolute Gasteiger partial charge is 0.376 e. The van der Waals surface area contributed by atoms with Gasteiger partial charge in [0.05, 0.1) is 28.8 Å². The van der Waals surface area contributed by atoms with Crippen LogP contribution in [-0.4, -0.2) is 51.4 Å². The molecule has 7 heteroatoms. The Morgan fingerprint density at radius 2 is 2.07 bits per heavy atom. The van der Waals surface area contributed by atoms with Crippen molar-refractivity contribution in [1.29, 1.82) is 0 Å². The second-order valence-corrected chi connectivity index (χ2v) is 8.56. The van der Waals surface area contributed by atoms with Crippen LogP contribution in [0.2, 0.25) is 0 Å². The van der Waals surface area contributed by atoms with Gasteiger partial charge in [0.25, 0.3) is 5.56 Å². The van der Waals surface area contributed by atoms with E-state index in [1.165, 1.54) is 11.8 Å². The zero-order valence-corrected chi connectivity index (χ0v) is 16.4. The third-order valence-electron chi connectivity index (χ3n) is 5.28. The first-order valence-electron chi connectivity index (χ1n) is 9.70. The van der Waals surface area contributed by atoms with Gasteiger partial charge in [-0.1, -0.05) is 23.9 Å². The van der Waals surface area contributed by atoms with Gasteiger partial charge in [-0.15, -0.1) is 0 Å². The maximum atomic E-state index is 13.1. The summed E-state index contributed by atoms with van der Waals surface area (Å²) in [6.07, 6.45) is 4.15. The Balaban J connectivity index is 1.66. The summed E-state index contributed by atoms with van der Waals surface area (Å²) in [5, 5.41) is 0.944. The van der Waals surface area contributed by atoms with Crippen LogP contribution in [-0.2, 0) is 16.1 Å². The molecule has 1 aromatic heterocycles. The lowest BCUT2D eigenvalue weighted by atomic mass is 10.2. The highest BCUT2D eigenvalue weighted by atomic mass is 32.2. The molecule has 2 aliphatic rings. The summed E-state index contributed by atoms with van der Waals surface area (Å²) in [4.78, 5) is 32.5. The lowest BCUT2D eigenvalue weighted by molar-refractivity contribution is -0.129. The smallest absolute Gasteiger partial charge is 0.262 e. The minimum atomic E-state index is -0.271. The number of para-hydroxylation sites is 1. The quantitative estimate of drug-likeness (QED) is 0.583. The van der Waals surface area contributed by atoms with Crippen molar-refractivity contribution in [1.82, 2.24) is 14.5 Å². The van der Waals surface area contributed by atoms with E-state index in [4.69, 9.17) is 9.72 Å². The van der Waals surface area contributed by atoms with Crippen LogP contribution in [0, 0.1) is 0 Å². The first kappa shape index (κ1) is 18.5. The third-order valence-corrected chi connectivity index (χ3v) is 6.36. The predicted octanol–water partition coefficient (Wildman–Crippen LogP) is 2.68.